The summed E-state index contributed by atoms with van der Waals surface area (Å²) in [5.41, 5.74) is 3.61. The van der Waals surface area contributed by atoms with Gasteiger partial charge in [-0.3, -0.25) is 5.10 Å². The number of hydrogen-bond donors (Lipinski definition) is 1. The molecule has 0 atom stereocenters. The van der Waals surface area contributed by atoms with E-state index in [0.29, 0.717) is 11.3 Å². The average Bonchev–Trinajstić information content (AvgIpc) is 3.31. The lowest BCUT2D eigenvalue weighted by atomic mass is 10.0. The van der Waals surface area contributed by atoms with Crippen LogP contribution in [-0.4, -0.2) is 15.2 Å². The van der Waals surface area contributed by atoms with Gasteiger partial charge in [-0.05, 0) is 55.0 Å². The zero-order valence-corrected chi connectivity index (χ0v) is 16.7. The van der Waals surface area contributed by atoms with Crippen molar-refractivity contribution in [1.82, 2.24) is 15.2 Å². The number of aryl methyl sites for hydroxylation is 3. The van der Waals surface area contributed by atoms with Gasteiger partial charge in [0.05, 0.1) is 0 Å². The van der Waals surface area contributed by atoms with E-state index in [1.807, 2.05) is 13.0 Å². The van der Waals surface area contributed by atoms with Gasteiger partial charge in [0.2, 0.25) is 5.16 Å². The van der Waals surface area contributed by atoms with Crippen molar-refractivity contribution in [3.63, 3.8) is 0 Å². The summed E-state index contributed by atoms with van der Waals surface area (Å²) in [6.07, 6.45) is 7.63. The number of thioether (sulfide) groups is 1. The summed E-state index contributed by atoms with van der Waals surface area (Å²) in [6.45, 7) is 4.10. The first-order valence-electron chi connectivity index (χ1n) is 9.66. The number of hydrogen-bond acceptors (Lipinski definition) is 5. The second-order valence-electron chi connectivity index (χ2n) is 7.57. The van der Waals surface area contributed by atoms with Crippen molar-refractivity contribution in [3.8, 4) is 0 Å². The van der Waals surface area contributed by atoms with Crippen LogP contribution in [0.15, 0.2) is 32.6 Å². The van der Waals surface area contributed by atoms with Gasteiger partial charge in [-0.25, -0.2) is 9.78 Å². The summed E-state index contributed by atoms with van der Waals surface area (Å²) in [5.74, 6) is 2.46. The Morgan fingerprint density at radius 2 is 1.96 bits per heavy atom. The first-order valence-corrected chi connectivity index (χ1v) is 10.6. The average molecular weight is 384 g/mol. The molecular formula is C21H25N3O2S. The number of fused-ring (bicyclic) bond motifs is 1. The van der Waals surface area contributed by atoms with Crippen LogP contribution in [0.5, 0.6) is 0 Å². The van der Waals surface area contributed by atoms with Crippen LogP contribution in [0.1, 0.15) is 54.6 Å². The maximum Gasteiger partial charge on any atom is 0.336 e. The third-order valence-corrected chi connectivity index (χ3v) is 6.47. The Labute approximate surface area is 163 Å². The lowest BCUT2D eigenvalue weighted by Crippen LogP contribution is -2.01. The van der Waals surface area contributed by atoms with Gasteiger partial charge in [0.1, 0.15) is 11.4 Å². The fourth-order valence-corrected chi connectivity index (χ4v) is 4.65. The SMILES string of the molecule is Cc1cc2oc(=O)cc(CSc3n[nH]c(CCC4CCCC4)n3)c2cc1C. The minimum absolute atomic E-state index is 0.311. The summed E-state index contributed by atoms with van der Waals surface area (Å²) < 4.78 is 5.37. The molecule has 4 rings (SSSR count). The molecule has 142 valence electrons. The highest BCUT2D eigenvalue weighted by molar-refractivity contribution is 7.98. The lowest BCUT2D eigenvalue weighted by molar-refractivity contribution is 0.497. The standard InChI is InChI=1S/C21H25N3O2S/c1-13-9-17-16(11-20(25)26-18(17)10-14(13)2)12-27-21-22-19(23-24-21)8-7-15-5-3-4-6-15/h9-11,15H,3-8,12H2,1-2H3,(H,22,23,24). The van der Waals surface area contributed by atoms with Crippen LogP contribution in [0.3, 0.4) is 0 Å². The molecule has 5 nitrogen and oxygen atoms in total. The minimum atomic E-state index is -0.311. The second kappa shape index (κ2) is 7.89. The van der Waals surface area contributed by atoms with Crippen molar-refractivity contribution >= 4 is 22.7 Å². The fourth-order valence-electron chi connectivity index (χ4n) is 3.84. The largest absolute Gasteiger partial charge is 0.423 e. The normalized spacial score (nSPS) is 15.0. The van der Waals surface area contributed by atoms with E-state index in [2.05, 4.69) is 28.2 Å². The summed E-state index contributed by atoms with van der Waals surface area (Å²) in [5, 5.41) is 9.13. The molecular weight excluding hydrogens is 358 g/mol. The fraction of sp³-hybridized carbons (Fsp3) is 0.476. The molecule has 2 heterocycles. The summed E-state index contributed by atoms with van der Waals surface area (Å²) >= 11 is 1.55. The molecule has 0 aliphatic heterocycles. The molecule has 0 amide bonds. The minimum Gasteiger partial charge on any atom is -0.423 e. The highest BCUT2D eigenvalue weighted by Crippen LogP contribution is 2.29. The molecule has 1 saturated carbocycles. The maximum absolute atomic E-state index is 11.9. The molecule has 1 aliphatic carbocycles. The van der Waals surface area contributed by atoms with Crippen LogP contribution in [0.4, 0.5) is 0 Å². The molecule has 2 aromatic heterocycles. The molecule has 0 radical (unpaired) electrons. The van der Waals surface area contributed by atoms with Gasteiger partial charge in [-0.2, -0.15) is 0 Å². The number of aromatic nitrogens is 3. The monoisotopic (exact) mass is 383 g/mol. The molecule has 0 unspecified atom stereocenters. The van der Waals surface area contributed by atoms with Gasteiger partial charge >= 0.3 is 5.63 Å². The molecule has 1 aliphatic rings. The Bertz CT molecular complexity index is 1000. The van der Waals surface area contributed by atoms with Gasteiger partial charge in [0, 0.05) is 23.6 Å². The molecule has 6 heteroatoms. The van der Waals surface area contributed by atoms with E-state index < -0.39 is 0 Å². The lowest BCUT2D eigenvalue weighted by Gasteiger charge is -2.07. The van der Waals surface area contributed by atoms with Crippen LogP contribution in [0.2, 0.25) is 0 Å². The predicted octanol–water partition coefficient (Wildman–Crippen LogP) is 4.94. The first-order chi connectivity index (χ1) is 13.1. The van der Waals surface area contributed by atoms with Crippen molar-refractivity contribution < 1.29 is 4.42 Å². The van der Waals surface area contributed by atoms with Crippen LogP contribution in [0.25, 0.3) is 11.0 Å². The maximum atomic E-state index is 11.9. The third kappa shape index (κ3) is 4.26. The van der Waals surface area contributed by atoms with Crippen molar-refractivity contribution in [1.29, 1.82) is 0 Å². The number of nitrogens with one attached hydrogen (secondary N) is 1. The zero-order chi connectivity index (χ0) is 18.8. The van der Waals surface area contributed by atoms with Crippen molar-refractivity contribution in [2.24, 2.45) is 5.92 Å². The second-order valence-corrected chi connectivity index (χ2v) is 8.51. The van der Waals surface area contributed by atoms with Crippen LogP contribution in [-0.2, 0) is 12.2 Å². The zero-order valence-electron chi connectivity index (χ0n) is 15.9. The van der Waals surface area contributed by atoms with E-state index in [1.165, 1.54) is 37.7 Å². The van der Waals surface area contributed by atoms with Crippen LogP contribution in [0, 0.1) is 19.8 Å². The number of rotatable bonds is 6. The highest BCUT2D eigenvalue weighted by atomic mass is 32.2. The molecule has 0 saturated heterocycles. The van der Waals surface area contributed by atoms with E-state index in [0.717, 1.165) is 39.8 Å². The van der Waals surface area contributed by atoms with E-state index in [-0.39, 0.29) is 5.63 Å². The van der Waals surface area contributed by atoms with E-state index >= 15 is 0 Å². The number of benzene rings is 1. The summed E-state index contributed by atoms with van der Waals surface area (Å²) in [7, 11) is 0. The Morgan fingerprint density at radius 3 is 2.78 bits per heavy atom. The molecule has 1 aromatic carbocycles. The Balaban J connectivity index is 1.45. The Hall–Kier alpha value is -2.08. The van der Waals surface area contributed by atoms with Gasteiger partial charge < -0.3 is 4.42 Å². The first kappa shape index (κ1) is 18.3. The van der Waals surface area contributed by atoms with Crippen molar-refractivity contribution in [2.75, 3.05) is 0 Å². The number of nitrogens with zero attached hydrogens (tertiary/aromatic N) is 2. The number of aromatic amines is 1. The Morgan fingerprint density at radius 1 is 1.19 bits per heavy atom. The Kier molecular flexibility index (Phi) is 5.34. The van der Waals surface area contributed by atoms with Crippen LogP contribution < -0.4 is 5.63 Å². The van der Waals surface area contributed by atoms with Gasteiger partial charge in [-0.1, -0.05) is 37.4 Å². The molecule has 1 fully saturated rings. The molecule has 3 aromatic rings. The molecule has 1 N–H and O–H groups in total. The third-order valence-electron chi connectivity index (χ3n) is 5.58. The molecule has 27 heavy (non-hydrogen) atoms. The predicted molar refractivity (Wildman–Crippen MR) is 108 cm³/mol. The summed E-state index contributed by atoms with van der Waals surface area (Å²) in [6, 6.07) is 5.61. The van der Waals surface area contributed by atoms with Gasteiger partial charge in [0.25, 0.3) is 0 Å². The smallest absolute Gasteiger partial charge is 0.336 e. The van der Waals surface area contributed by atoms with Crippen molar-refractivity contribution in [3.05, 3.63) is 51.1 Å². The number of H-pyrrole nitrogens is 1. The molecule has 0 bridgehead atoms. The van der Waals surface area contributed by atoms with E-state index in [9.17, 15) is 4.79 Å². The summed E-state index contributed by atoms with van der Waals surface area (Å²) in [4.78, 5) is 16.5. The van der Waals surface area contributed by atoms with Gasteiger partial charge in [-0.15, -0.1) is 5.10 Å². The van der Waals surface area contributed by atoms with E-state index in [4.69, 9.17) is 4.42 Å². The highest BCUT2D eigenvalue weighted by Gasteiger charge is 2.16. The van der Waals surface area contributed by atoms with Crippen LogP contribution >= 0.6 is 11.8 Å². The van der Waals surface area contributed by atoms with Crippen molar-refractivity contribution in [2.45, 2.75) is 63.3 Å². The van der Waals surface area contributed by atoms with Gasteiger partial charge in [0.15, 0.2) is 0 Å². The molecule has 0 spiro atoms. The van der Waals surface area contributed by atoms with E-state index in [1.54, 1.807) is 17.8 Å². The topological polar surface area (TPSA) is 71.8 Å². The quantitative estimate of drug-likeness (QED) is 0.482.